The summed E-state index contributed by atoms with van der Waals surface area (Å²) in [7, 11) is 0. The van der Waals surface area contributed by atoms with Crippen LogP contribution >= 0.6 is 27.3 Å². The number of aromatic nitrogens is 1. The molecule has 0 spiro atoms. The maximum atomic E-state index is 12.7. The maximum absolute atomic E-state index is 12.7. The molecule has 4 aliphatic carbocycles. The van der Waals surface area contributed by atoms with Crippen molar-refractivity contribution in [1.29, 1.82) is 0 Å². The molecule has 4 aliphatic rings. The quantitative estimate of drug-likeness (QED) is 0.699. The molecular formula is C19H21BrN2OS. The number of para-hydroxylation sites is 1. The number of fused-ring (bicyclic) bond motifs is 1. The van der Waals surface area contributed by atoms with E-state index < -0.39 is 0 Å². The van der Waals surface area contributed by atoms with Gasteiger partial charge < -0.3 is 5.32 Å². The van der Waals surface area contributed by atoms with Gasteiger partial charge in [0, 0.05) is 10.7 Å². The molecule has 2 unspecified atom stereocenters. The van der Waals surface area contributed by atoms with E-state index in [1.165, 1.54) is 38.5 Å². The van der Waals surface area contributed by atoms with Gasteiger partial charge in [0.1, 0.15) is 0 Å². The number of amides is 1. The molecule has 5 heteroatoms. The van der Waals surface area contributed by atoms with Crippen molar-refractivity contribution in [3.63, 3.8) is 0 Å². The minimum absolute atomic E-state index is 0.145. The summed E-state index contributed by atoms with van der Waals surface area (Å²) in [5, 5.41) is 3.81. The first-order valence-electron chi connectivity index (χ1n) is 8.85. The van der Waals surface area contributed by atoms with Crippen molar-refractivity contribution >= 4 is 48.5 Å². The van der Waals surface area contributed by atoms with Gasteiger partial charge in [0.2, 0.25) is 5.91 Å². The molecule has 1 aromatic carbocycles. The molecule has 0 aliphatic heterocycles. The lowest BCUT2D eigenvalue weighted by Gasteiger charge is -2.60. The second-order valence-electron chi connectivity index (χ2n) is 8.32. The largest absolute Gasteiger partial charge is 0.302 e. The van der Waals surface area contributed by atoms with Crippen LogP contribution in [0.1, 0.15) is 44.9 Å². The van der Waals surface area contributed by atoms with Crippen LogP contribution in [0.15, 0.2) is 24.3 Å². The fourth-order valence-corrected chi connectivity index (χ4v) is 8.36. The summed E-state index contributed by atoms with van der Waals surface area (Å²) in [5.41, 5.74) is 1.18. The lowest BCUT2D eigenvalue weighted by atomic mass is 9.48. The Morgan fingerprint density at radius 2 is 2.00 bits per heavy atom. The molecule has 6 rings (SSSR count). The summed E-state index contributed by atoms with van der Waals surface area (Å²) >= 11 is 5.60. The average molecular weight is 405 g/mol. The molecule has 3 nitrogen and oxygen atoms in total. The monoisotopic (exact) mass is 404 g/mol. The highest BCUT2D eigenvalue weighted by Crippen LogP contribution is 2.65. The number of anilines is 1. The normalized spacial score (nSPS) is 37.0. The molecule has 4 fully saturated rings. The number of benzene rings is 1. The summed E-state index contributed by atoms with van der Waals surface area (Å²) in [6.45, 7) is 0. The van der Waals surface area contributed by atoms with Gasteiger partial charge in [0.05, 0.1) is 10.2 Å². The number of thiazole rings is 1. The predicted molar refractivity (Wildman–Crippen MR) is 102 cm³/mol. The van der Waals surface area contributed by atoms with Crippen LogP contribution in [0, 0.1) is 17.3 Å². The Hall–Kier alpha value is -0.940. The number of rotatable bonds is 3. The molecular weight excluding hydrogens is 384 g/mol. The number of nitrogens with one attached hydrogen (secondary N) is 1. The molecule has 1 heterocycles. The number of hydrogen-bond donors (Lipinski definition) is 1. The van der Waals surface area contributed by atoms with Crippen molar-refractivity contribution in [2.24, 2.45) is 17.3 Å². The Bertz CT molecular complexity index is 770. The highest BCUT2D eigenvalue weighted by molar-refractivity contribution is 9.10. The van der Waals surface area contributed by atoms with Gasteiger partial charge in [0.25, 0.3) is 0 Å². The first-order chi connectivity index (χ1) is 11.5. The Balaban J connectivity index is 1.33. The van der Waals surface area contributed by atoms with Crippen molar-refractivity contribution in [2.45, 2.75) is 49.3 Å². The first-order valence-corrected chi connectivity index (χ1v) is 10.5. The van der Waals surface area contributed by atoms with Crippen LogP contribution in [0.3, 0.4) is 0 Å². The van der Waals surface area contributed by atoms with Crippen LogP contribution in [-0.2, 0) is 4.79 Å². The molecule has 0 radical (unpaired) electrons. The number of carbonyl (C=O) groups is 1. The van der Waals surface area contributed by atoms with Crippen LogP contribution in [-0.4, -0.2) is 15.2 Å². The van der Waals surface area contributed by atoms with Gasteiger partial charge in [0.15, 0.2) is 5.13 Å². The molecule has 24 heavy (non-hydrogen) atoms. The molecule has 1 amide bonds. The fourth-order valence-electron chi connectivity index (χ4n) is 5.97. The van der Waals surface area contributed by atoms with Crippen LogP contribution in [0.25, 0.3) is 10.2 Å². The van der Waals surface area contributed by atoms with E-state index in [0.29, 0.717) is 10.7 Å². The van der Waals surface area contributed by atoms with E-state index in [1.807, 2.05) is 18.2 Å². The molecule has 1 N–H and O–H groups in total. The van der Waals surface area contributed by atoms with E-state index in [4.69, 9.17) is 0 Å². The van der Waals surface area contributed by atoms with Crippen LogP contribution in [0.5, 0.6) is 0 Å². The van der Waals surface area contributed by atoms with E-state index >= 15 is 0 Å². The van der Waals surface area contributed by atoms with Crippen LogP contribution in [0.2, 0.25) is 0 Å². The Morgan fingerprint density at radius 3 is 2.71 bits per heavy atom. The third-order valence-electron chi connectivity index (χ3n) is 6.19. The maximum Gasteiger partial charge on any atom is 0.226 e. The van der Waals surface area contributed by atoms with Gasteiger partial charge >= 0.3 is 0 Å². The van der Waals surface area contributed by atoms with Gasteiger partial charge in [-0.05, 0) is 67.9 Å². The zero-order chi connectivity index (χ0) is 16.4. The van der Waals surface area contributed by atoms with Gasteiger partial charge in [-0.1, -0.05) is 39.4 Å². The van der Waals surface area contributed by atoms with Crippen molar-refractivity contribution in [2.75, 3.05) is 5.32 Å². The van der Waals surface area contributed by atoms with E-state index in [9.17, 15) is 4.79 Å². The Labute approximate surface area is 154 Å². The Kier molecular flexibility index (Phi) is 3.37. The molecule has 126 valence electrons. The molecule has 0 saturated heterocycles. The minimum atomic E-state index is 0.145. The lowest BCUT2D eigenvalue weighted by Crippen LogP contribution is -2.53. The number of hydrogen-bond acceptors (Lipinski definition) is 3. The van der Waals surface area contributed by atoms with Crippen LogP contribution in [0.4, 0.5) is 5.13 Å². The molecule has 4 saturated carbocycles. The SMILES string of the molecule is O=C(CC12C[C@@H]3C[C@@H](CC(Br)(C3)C1)C2)Nc1nc2ccccc2s1. The van der Waals surface area contributed by atoms with Crippen molar-refractivity contribution in [3.05, 3.63) is 24.3 Å². The minimum Gasteiger partial charge on any atom is -0.302 e. The summed E-state index contributed by atoms with van der Waals surface area (Å²) in [6.07, 6.45) is 8.31. The van der Waals surface area contributed by atoms with E-state index in [-0.39, 0.29) is 11.3 Å². The van der Waals surface area contributed by atoms with Gasteiger partial charge in [-0.25, -0.2) is 4.98 Å². The molecule has 1 aromatic heterocycles. The van der Waals surface area contributed by atoms with Crippen molar-refractivity contribution in [1.82, 2.24) is 4.98 Å². The molecule has 4 atom stereocenters. The predicted octanol–water partition coefficient (Wildman–Crippen LogP) is 5.36. The fraction of sp³-hybridized carbons (Fsp3) is 0.579. The van der Waals surface area contributed by atoms with Crippen LogP contribution < -0.4 is 5.32 Å². The number of alkyl halides is 1. The van der Waals surface area contributed by atoms with Crippen molar-refractivity contribution in [3.8, 4) is 0 Å². The standard InChI is InChI=1S/C19H21BrN2OS/c20-19-8-12-5-13(9-19)7-18(6-12,11-19)10-16(23)22-17-21-14-3-1-2-4-15(14)24-17/h1-4,12-13H,5-11H2,(H,21,22,23)/t12-,13+,18?,19?. The van der Waals surface area contributed by atoms with Gasteiger partial charge in [-0.3, -0.25) is 4.79 Å². The first kappa shape index (κ1) is 15.3. The zero-order valence-electron chi connectivity index (χ0n) is 13.6. The van der Waals surface area contributed by atoms with E-state index in [1.54, 1.807) is 11.3 Å². The third kappa shape index (κ3) is 2.60. The topological polar surface area (TPSA) is 42.0 Å². The van der Waals surface area contributed by atoms with Gasteiger partial charge in [-0.2, -0.15) is 0 Å². The lowest BCUT2D eigenvalue weighted by molar-refractivity contribution is -0.123. The number of halogens is 1. The zero-order valence-corrected chi connectivity index (χ0v) is 16.0. The number of nitrogens with zero attached hydrogens (tertiary/aromatic N) is 1. The summed E-state index contributed by atoms with van der Waals surface area (Å²) in [5.74, 6) is 1.79. The average Bonchev–Trinajstić information content (AvgIpc) is 2.85. The Morgan fingerprint density at radius 1 is 1.25 bits per heavy atom. The highest BCUT2D eigenvalue weighted by atomic mass is 79.9. The highest BCUT2D eigenvalue weighted by Gasteiger charge is 2.57. The summed E-state index contributed by atoms with van der Waals surface area (Å²) < 4.78 is 1.44. The third-order valence-corrected chi connectivity index (χ3v) is 8.07. The molecule has 2 aromatic rings. The second kappa shape index (κ2) is 5.28. The second-order valence-corrected chi connectivity index (χ2v) is 11.0. The molecule has 4 bridgehead atoms. The van der Waals surface area contributed by atoms with Gasteiger partial charge in [-0.15, -0.1) is 0 Å². The number of carbonyl (C=O) groups excluding carboxylic acids is 1. The smallest absolute Gasteiger partial charge is 0.226 e. The van der Waals surface area contributed by atoms with E-state index in [0.717, 1.165) is 27.2 Å². The summed E-state index contributed by atoms with van der Waals surface area (Å²) in [6, 6.07) is 8.04. The summed E-state index contributed by atoms with van der Waals surface area (Å²) in [4.78, 5) is 17.3. The van der Waals surface area contributed by atoms with Crippen molar-refractivity contribution < 1.29 is 4.79 Å². The van der Waals surface area contributed by atoms with E-state index in [2.05, 4.69) is 32.3 Å².